The van der Waals surface area contributed by atoms with E-state index in [1.807, 2.05) is 0 Å². The van der Waals surface area contributed by atoms with Crippen molar-refractivity contribution in [3.8, 4) is 0 Å². The van der Waals surface area contributed by atoms with Crippen molar-refractivity contribution < 1.29 is 9.90 Å². The maximum Gasteiger partial charge on any atom is 0.163 e. The number of Topliss-reactive ketones (excluding diaryl/α,β-unsaturated/α-hetero) is 1. The first kappa shape index (κ1) is 16.8. The van der Waals surface area contributed by atoms with Crippen LogP contribution in [0.5, 0.6) is 0 Å². The second-order valence-electron chi connectivity index (χ2n) is 8.44. The fourth-order valence-electron chi connectivity index (χ4n) is 5.16. The quantitative estimate of drug-likeness (QED) is 0.784. The molecule has 4 aliphatic carbocycles. The van der Waals surface area contributed by atoms with Gasteiger partial charge in [0.2, 0.25) is 0 Å². The SMILES string of the molecule is CC(C)(C1=CC=C2C=CCCC2C1O)C1CCC2=C(CCC=C2)C1=O. The lowest BCUT2D eigenvalue weighted by atomic mass is 9.61. The number of carbonyl (C=O) groups excluding carboxylic acids is 1. The summed E-state index contributed by atoms with van der Waals surface area (Å²) < 4.78 is 0. The Labute approximate surface area is 150 Å². The Morgan fingerprint density at radius 1 is 1.04 bits per heavy atom. The summed E-state index contributed by atoms with van der Waals surface area (Å²) in [5.41, 5.74) is 4.27. The van der Waals surface area contributed by atoms with E-state index in [1.54, 1.807) is 0 Å². The number of rotatable bonds is 2. The van der Waals surface area contributed by atoms with Gasteiger partial charge in [0.25, 0.3) is 0 Å². The molecule has 0 heterocycles. The molecule has 0 bridgehead atoms. The molecule has 0 amide bonds. The van der Waals surface area contributed by atoms with Gasteiger partial charge in [-0.05, 0) is 66.2 Å². The molecule has 2 heteroatoms. The van der Waals surface area contributed by atoms with Crippen LogP contribution in [0.3, 0.4) is 0 Å². The summed E-state index contributed by atoms with van der Waals surface area (Å²) in [6.07, 6.45) is 18.2. The van der Waals surface area contributed by atoms with E-state index in [9.17, 15) is 9.90 Å². The normalized spacial score (nSPS) is 32.1. The summed E-state index contributed by atoms with van der Waals surface area (Å²) in [5.74, 6) is 0.491. The Balaban J connectivity index is 1.66. The fourth-order valence-corrected chi connectivity index (χ4v) is 5.16. The van der Waals surface area contributed by atoms with Crippen LogP contribution in [0.25, 0.3) is 0 Å². The highest BCUT2D eigenvalue weighted by Crippen LogP contribution is 2.48. The first-order valence-electron chi connectivity index (χ1n) is 9.70. The zero-order valence-corrected chi connectivity index (χ0v) is 15.3. The van der Waals surface area contributed by atoms with Crippen molar-refractivity contribution in [1.82, 2.24) is 0 Å². The molecule has 4 rings (SSSR count). The summed E-state index contributed by atoms with van der Waals surface area (Å²) in [5, 5.41) is 11.1. The number of aliphatic hydroxyl groups excluding tert-OH is 1. The maximum atomic E-state index is 13.2. The highest BCUT2D eigenvalue weighted by Gasteiger charge is 2.45. The van der Waals surface area contributed by atoms with Crippen LogP contribution in [0, 0.1) is 17.3 Å². The highest BCUT2D eigenvalue weighted by molar-refractivity contribution is 6.00. The van der Waals surface area contributed by atoms with Crippen LogP contribution in [0.2, 0.25) is 0 Å². The number of fused-ring (bicyclic) bond motifs is 1. The molecule has 4 aliphatic rings. The maximum absolute atomic E-state index is 13.2. The third-order valence-corrected chi connectivity index (χ3v) is 6.74. The molecule has 0 saturated heterocycles. The fraction of sp³-hybridized carbons (Fsp3) is 0.522. The zero-order chi connectivity index (χ0) is 17.6. The minimum Gasteiger partial charge on any atom is -0.388 e. The number of hydrogen-bond acceptors (Lipinski definition) is 2. The van der Waals surface area contributed by atoms with Crippen molar-refractivity contribution in [3.63, 3.8) is 0 Å². The minimum absolute atomic E-state index is 0.0206. The van der Waals surface area contributed by atoms with E-state index in [1.165, 1.54) is 11.1 Å². The summed E-state index contributed by atoms with van der Waals surface area (Å²) in [6, 6.07) is 0. The minimum atomic E-state index is -0.464. The van der Waals surface area contributed by atoms with Crippen LogP contribution in [-0.2, 0) is 4.79 Å². The van der Waals surface area contributed by atoms with Crippen molar-refractivity contribution in [2.75, 3.05) is 0 Å². The third-order valence-electron chi connectivity index (χ3n) is 6.74. The largest absolute Gasteiger partial charge is 0.388 e. The predicted octanol–water partition coefficient (Wildman–Crippen LogP) is 4.83. The molecule has 0 aromatic heterocycles. The Kier molecular flexibility index (Phi) is 4.19. The first-order chi connectivity index (χ1) is 12.0. The molecule has 0 fully saturated rings. The monoisotopic (exact) mass is 336 g/mol. The van der Waals surface area contributed by atoms with Gasteiger partial charge in [-0.2, -0.15) is 0 Å². The number of carbonyl (C=O) groups is 1. The molecular weight excluding hydrogens is 308 g/mol. The van der Waals surface area contributed by atoms with Crippen molar-refractivity contribution >= 4 is 5.78 Å². The molecule has 0 aliphatic heterocycles. The van der Waals surface area contributed by atoms with Crippen molar-refractivity contribution in [2.24, 2.45) is 17.3 Å². The molecule has 0 aromatic carbocycles. The lowest BCUT2D eigenvalue weighted by Gasteiger charge is -2.44. The van der Waals surface area contributed by atoms with E-state index in [-0.39, 0.29) is 17.3 Å². The predicted molar refractivity (Wildman–Crippen MR) is 101 cm³/mol. The van der Waals surface area contributed by atoms with Crippen LogP contribution < -0.4 is 0 Å². The lowest BCUT2D eigenvalue weighted by Crippen LogP contribution is -2.42. The smallest absolute Gasteiger partial charge is 0.163 e. The number of allylic oxidation sites excluding steroid dienone is 8. The summed E-state index contributed by atoms with van der Waals surface area (Å²) in [4.78, 5) is 13.2. The number of hydrogen-bond donors (Lipinski definition) is 1. The van der Waals surface area contributed by atoms with Gasteiger partial charge < -0.3 is 5.11 Å². The number of ketones is 1. The second kappa shape index (κ2) is 6.25. The Hall–Kier alpha value is -1.67. The average Bonchev–Trinajstić information content (AvgIpc) is 2.62. The van der Waals surface area contributed by atoms with Gasteiger partial charge >= 0.3 is 0 Å². The Morgan fingerprint density at radius 2 is 1.84 bits per heavy atom. The van der Waals surface area contributed by atoms with Gasteiger partial charge in [-0.25, -0.2) is 0 Å². The molecule has 3 unspecified atom stereocenters. The summed E-state index contributed by atoms with van der Waals surface area (Å²) in [6.45, 7) is 4.32. The number of aliphatic hydroxyl groups is 1. The Morgan fingerprint density at radius 3 is 2.68 bits per heavy atom. The lowest BCUT2D eigenvalue weighted by molar-refractivity contribution is -0.123. The molecule has 0 saturated carbocycles. The van der Waals surface area contributed by atoms with Gasteiger partial charge in [0.05, 0.1) is 6.10 Å². The molecule has 3 atom stereocenters. The van der Waals surface area contributed by atoms with Gasteiger partial charge in [-0.1, -0.05) is 50.3 Å². The van der Waals surface area contributed by atoms with Crippen LogP contribution >= 0.6 is 0 Å². The second-order valence-corrected chi connectivity index (χ2v) is 8.44. The van der Waals surface area contributed by atoms with E-state index in [0.29, 0.717) is 5.78 Å². The van der Waals surface area contributed by atoms with E-state index in [4.69, 9.17) is 0 Å². The molecule has 25 heavy (non-hydrogen) atoms. The van der Waals surface area contributed by atoms with Gasteiger partial charge in [-0.3, -0.25) is 4.79 Å². The average molecular weight is 336 g/mol. The van der Waals surface area contributed by atoms with Crippen molar-refractivity contribution in [2.45, 2.75) is 58.5 Å². The van der Waals surface area contributed by atoms with Gasteiger partial charge in [-0.15, -0.1) is 0 Å². The van der Waals surface area contributed by atoms with Gasteiger partial charge in [0.15, 0.2) is 5.78 Å². The zero-order valence-electron chi connectivity index (χ0n) is 15.3. The van der Waals surface area contributed by atoms with E-state index in [0.717, 1.165) is 49.7 Å². The van der Waals surface area contributed by atoms with Crippen LogP contribution in [0.15, 0.2) is 58.7 Å². The Bertz CT molecular complexity index is 742. The van der Waals surface area contributed by atoms with Gasteiger partial charge in [0.1, 0.15) is 0 Å². The van der Waals surface area contributed by atoms with Crippen LogP contribution in [-0.4, -0.2) is 17.0 Å². The molecule has 2 nitrogen and oxygen atoms in total. The van der Waals surface area contributed by atoms with Crippen molar-refractivity contribution in [1.29, 1.82) is 0 Å². The highest BCUT2D eigenvalue weighted by atomic mass is 16.3. The van der Waals surface area contributed by atoms with Crippen LogP contribution in [0.4, 0.5) is 0 Å². The molecule has 0 aromatic rings. The first-order valence-corrected chi connectivity index (χ1v) is 9.70. The summed E-state index contributed by atoms with van der Waals surface area (Å²) in [7, 11) is 0. The molecular formula is C23H28O2. The molecule has 0 spiro atoms. The molecule has 132 valence electrons. The van der Waals surface area contributed by atoms with E-state index >= 15 is 0 Å². The molecule has 1 N–H and O–H groups in total. The van der Waals surface area contributed by atoms with E-state index < -0.39 is 6.10 Å². The standard InChI is InChI=1S/C23H28O2/c1-23(2,19-13-11-15-7-3-5-9-17(15)21(19)24)20-14-12-16-8-4-6-10-18(16)22(20)25/h3-4,7-8,11,13,17,20-21,24H,5-6,9-10,12,14H2,1-2H3. The third kappa shape index (κ3) is 2.71. The van der Waals surface area contributed by atoms with Crippen molar-refractivity contribution in [3.05, 3.63) is 58.7 Å². The van der Waals surface area contributed by atoms with Crippen LogP contribution in [0.1, 0.15) is 52.4 Å². The molecule has 0 radical (unpaired) electrons. The topological polar surface area (TPSA) is 37.3 Å². The summed E-state index contributed by atoms with van der Waals surface area (Å²) >= 11 is 0. The van der Waals surface area contributed by atoms with Gasteiger partial charge in [0, 0.05) is 11.8 Å². The van der Waals surface area contributed by atoms with E-state index in [2.05, 4.69) is 50.3 Å².